The quantitative estimate of drug-likeness (QED) is 0.765. The Labute approximate surface area is 99.1 Å². The molecule has 1 unspecified atom stereocenters. The third kappa shape index (κ3) is 4.18. The summed E-state index contributed by atoms with van der Waals surface area (Å²) in [7, 11) is 0. The van der Waals surface area contributed by atoms with Gasteiger partial charge in [-0.1, -0.05) is 19.8 Å². The topological polar surface area (TPSA) is 92.2 Å². The van der Waals surface area contributed by atoms with E-state index in [-0.39, 0.29) is 0 Å². The van der Waals surface area contributed by atoms with Gasteiger partial charge < -0.3 is 10.4 Å². The molecular weight excluding hydrogens is 222 g/mol. The van der Waals surface area contributed by atoms with Crippen LogP contribution >= 0.6 is 0 Å². The molecule has 0 aromatic carbocycles. The molecule has 1 rings (SSSR count). The van der Waals surface area contributed by atoms with E-state index in [2.05, 4.69) is 15.5 Å². The lowest BCUT2D eigenvalue weighted by molar-refractivity contribution is -0.139. The van der Waals surface area contributed by atoms with E-state index in [0.29, 0.717) is 12.0 Å². The second-order valence-corrected chi connectivity index (χ2v) is 3.64. The number of carboxylic acids is 1. The molecule has 92 valence electrons. The maximum absolute atomic E-state index is 11.7. The highest BCUT2D eigenvalue weighted by Gasteiger charge is 2.19. The van der Waals surface area contributed by atoms with Crippen LogP contribution < -0.4 is 5.32 Å². The molecule has 0 fully saturated rings. The Kier molecular flexibility index (Phi) is 5.06. The number of carboxylic acid groups (broad SMARTS) is 1. The van der Waals surface area contributed by atoms with E-state index in [1.165, 1.54) is 18.5 Å². The highest BCUT2D eigenvalue weighted by Crippen LogP contribution is 2.03. The van der Waals surface area contributed by atoms with Gasteiger partial charge in [0, 0.05) is 0 Å². The van der Waals surface area contributed by atoms with Crippen LogP contribution in [0.3, 0.4) is 0 Å². The molecule has 0 saturated carbocycles. The van der Waals surface area contributed by atoms with Crippen LogP contribution in [0, 0.1) is 0 Å². The number of aliphatic carboxylic acids is 1. The number of carbonyl (C=O) groups excluding carboxylic acids is 1. The molecule has 0 radical (unpaired) electrons. The summed E-state index contributed by atoms with van der Waals surface area (Å²) in [5.74, 6) is -1.46. The minimum Gasteiger partial charge on any atom is -0.480 e. The van der Waals surface area contributed by atoms with Crippen molar-refractivity contribution < 1.29 is 14.7 Å². The molecule has 6 heteroatoms. The summed E-state index contributed by atoms with van der Waals surface area (Å²) in [4.78, 5) is 22.6. The highest BCUT2D eigenvalue weighted by atomic mass is 16.4. The molecule has 1 heterocycles. The van der Waals surface area contributed by atoms with Crippen molar-refractivity contribution in [2.45, 2.75) is 32.2 Å². The van der Waals surface area contributed by atoms with Gasteiger partial charge in [-0.05, 0) is 12.5 Å². The molecule has 17 heavy (non-hydrogen) atoms. The van der Waals surface area contributed by atoms with Gasteiger partial charge in [0.15, 0.2) is 0 Å². The summed E-state index contributed by atoms with van der Waals surface area (Å²) in [6, 6.07) is 0.636. The molecule has 0 bridgehead atoms. The molecule has 1 aromatic heterocycles. The van der Waals surface area contributed by atoms with Gasteiger partial charge in [-0.2, -0.15) is 10.2 Å². The van der Waals surface area contributed by atoms with Crippen LogP contribution in [-0.2, 0) is 4.79 Å². The molecule has 1 aromatic rings. The number of amides is 1. The predicted molar refractivity (Wildman–Crippen MR) is 60.4 cm³/mol. The van der Waals surface area contributed by atoms with Crippen molar-refractivity contribution in [2.75, 3.05) is 0 Å². The van der Waals surface area contributed by atoms with Crippen molar-refractivity contribution in [3.8, 4) is 0 Å². The maximum Gasteiger partial charge on any atom is 0.326 e. The second-order valence-electron chi connectivity index (χ2n) is 3.64. The normalized spacial score (nSPS) is 11.8. The fourth-order valence-electron chi connectivity index (χ4n) is 1.33. The fourth-order valence-corrected chi connectivity index (χ4v) is 1.33. The van der Waals surface area contributed by atoms with Crippen molar-refractivity contribution in [1.29, 1.82) is 0 Å². The van der Waals surface area contributed by atoms with Gasteiger partial charge >= 0.3 is 5.97 Å². The summed E-state index contributed by atoms with van der Waals surface area (Å²) in [6.45, 7) is 1.97. The monoisotopic (exact) mass is 237 g/mol. The van der Waals surface area contributed by atoms with E-state index < -0.39 is 17.9 Å². The average molecular weight is 237 g/mol. The molecule has 0 aliphatic rings. The summed E-state index contributed by atoms with van der Waals surface area (Å²) in [5.41, 5.74) is 0.308. The molecule has 0 saturated heterocycles. The smallest absolute Gasteiger partial charge is 0.326 e. The summed E-state index contributed by atoms with van der Waals surface area (Å²) in [6.07, 6.45) is 4.75. The number of carbonyl (C=O) groups is 2. The van der Waals surface area contributed by atoms with E-state index in [9.17, 15) is 9.59 Å². The van der Waals surface area contributed by atoms with Gasteiger partial charge in [0.2, 0.25) is 0 Å². The first-order valence-electron chi connectivity index (χ1n) is 5.45. The SMILES string of the molecule is CCCCC(NC(=O)c1ccnnc1)C(=O)O. The molecule has 1 atom stereocenters. The van der Waals surface area contributed by atoms with E-state index in [1.807, 2.05) is 6.92 Å². The molecule has 0 aliphatic carbocycles. The van der Waals surface area contributed by atoms with E-state index in [0.717, 1.165) is 12.8 Å². The van der Waals surface area contributed by atoms with E-state index in [4.69, 9.17) is 5.11 Å². The second kappa shape index (κ2) is 6.57. The number of nitrogens with zero attached hydrogens (tertiary/aromatic N) is 2. The van der Waals surface area contributed by atoms with Crippen LogP contribution in [0.15, 0.2) is 18.5 Å². The standard InChI is InChI=1S/C11H15N3O3/c1-2-3-4-9(11(16)17)14-10(15)8-5-6-12-13-7-8/h5-7,9H,2-4H2,1H3,(H,14,15)(H,16,17). The van der Waals surface area contributed by atoms with Gasteiger partial charge in [0.25, 0.3) is 5.91 Å². The zero-order valence-corrected chi connectivity index (χ0v) is 9.59. The van der Waals surface area contributed by atoms with Crippen molar-refractivity contribution >= 4 is 11.9 Å². The largest absolute Gasteiger partial charge is 0.480 e. The van der Waals surface area contributed by atoms with Crippen LogP contribution in [0.5, 0.6) is 0 Å². The fraction of sp³-hybridized carbons (Fsp3) is 0.455. The zero-order valence-electron chi connectivity index (χ0n) is 9.59. The van der Waals surface area contributed by atoms with E-state index >= 15 is 0 Å². The lowest BCUT2D eigenvalue weighted by atomic mass is 10.1. The first-order valence-corrected chi connectivity index (χ1v) is 5.45. The summed E-state index contributed by atoms with van der Waals surface area (Å²) in [5, 5.41) is 18.5. The Bertz CT molecular complexity index is 381. The number of aromatic nitrogens is 2. The third-order valence-corrected chi connectivity index (χ3v) is 2.30. The summed E-state index contributed by atoms with van der Waals surface area (Å²) < 4.78 is 0. The molecule has 2 N–H and O–H groups in total. The maximum atomic E-state index is 11.7. The Hall–Kier alpha value is -1.98. The number of hydrogen-bond donors (Lipinski definition) is 2. The van der Waals surface area contributed by atoms with Crippen LogP contribution in [0.4, 0.5) is 0 Å². The zero-order chi connectivity index (χ0) is 12.7. The first-order chi connectivity index (χ1) is 8.15. The molecule has 1 amide bonds. The predicted octanol–water partition coefficient (Wildman–Crippen LogP) is 0.850. The molecular formula is C11H15N3O3. The molecule has 0 aliphatic heterocycles. The molecule has 6 nitrogen and oxygen atoms in total. The van der Waals surface area contributed by atoms with Gasteiger partial charge in [-0.15, -0.1) is 0 Å². The third-order valence-electron chi connectivity index (χ3n) is 2.30. The Morgan fingerprint density at radius 2 is 2.24 bits per heavy atom. The lowest BCUT2D eigenvalue weighted by Crippen LogP contribution is -2.40. The first kappa shape index (κ1) is 13.1. The van der Waals surface area contributed by atoms with Crippen molar-refractivity contribution in [2.24, 2.45) is 0 Å². The Morgan fingerprint density at radius 1 is 1.47 bits per heavy atom. The van der Waals surface area contributed by atoms with Crippen molar-refractivity contribution in [3.05, 3.63) is 24.0 Å². The number of unbranched alkanes of at least 4 members (excludes halogenated alkanes) is 1. The minimum atomic E-state index is -1.02. The highest BCUT2D eigenvalue weighted by molar-refractivity contribution is 5.96. The van der Waals surface area contributed by atoms with Crippen LogP contribution in [0.25, 0.3) is 0 Å². The van der Waals surface area contributed by atoms with Crippen LogP contribution in [-0.4, -0.2) is 33.2 Å². The number of nitrogens with one attached hydrogen (secondary N) is 1. The lowest BCUT2D eigenvalue weighted by Gasteiger charge is -2.13. The molecule has 0 spiro atoms. The van der Waals surface area contributed by atoms with Crippen molar-refractivity contribution in [3.63, 3.8) is 0 Å². The van der Waals surface area contributed by atoms with Gasteiger partial charge in [0.1, 0.15) is 6.04 Å². The van der Waals surface area contributed by atoms with Crippen molar-refractivity contribution in [1.82, 2.24) is 15.5 Å². The van der Waals surface area contributed by atoms with Crippen LogP contribution in [0.2, 0.25) is 0 Å². The average Bonchev–Trinajstić information content (AvgIpc) is 2.35. The van der Waals surface area contributed by atoms with Gasteiger partial charge in [-0.25, -0.2) is 4.79 Å². The summed E-state index contributed by atoms with van der Waals surface area (Å²) >= 11 is 0. The van der Waals surface area contributed by atoms with Gasteiger partial charge in [-0.3, -0.25) is 4.79 Å². The van der Waals surface area contributed by atoms with Gasteiger partial charge in [0.05, 0.1) is 18.0 Å². The number of hydrogen-bond acceptors (Lipinski definition) is 4. The van der Waals surface area contributed by atoms with E-state index in [1.54, 1.807) is 0 Å². The number of rotatable bonds is 6. The Morgan fingerprint density at radius 3 is 2.76 bits per heavy atom. The van der Waals surface area contributed by atoms with Crippen LogP contribution in [0.1, 0.15) is 36.5 Å². The minimum absolute atomic E-state index is 0.308. The Balaban J connectivity index is 2.61.